The van der Waals surface area contributed by atoms with Gasteiger partial charge < -0.3 is 5.32 Å². The Morgan fingerprint density at radius 1 is 1.31 bits per heavy atom. The number of halogens is 3. The van der Waals surface area contributed by atoms with Crippen molar-refractivity contribution in [3.8, 4) is 0 Å². The summed E-state index contributed by atoms with van der Waals surface area (Å²) in [6.07, 6.45) is 0. The molecule has 1 N–H and O–H groups in total. The Bertz CT molecular complexity index is 289. The number of anilines is 1. The van der Waals surface area contributed by atoms with Gasteiger partial charge in [-0.2, -0.15) is 0 Å². The van der Waals surface area contributed by atoms with Gasteiger partial charge in [0.25, 0.3) is 0 Å². The zero-order valence-corrected chi connectivity index (χ0v) is 8.12. The Morgan fingerprint density at radius 3 is 2.38 bits per heavy atom. The summed E-state index contributed by atoms with van der Waals surface area (Å²) in [6.45, 7) is 3.69. The van der Waals surface area contributed by atoms with Crippen molar-refractivity contribution in [2.45, 2.75) is 19.9 Å². The normalized spacial score (nSPS) is 10.6. The van der Waals surface area contributed by atoms with Crippen LogP contribution in [0, 0.1) is 11.6 Å². The van der Waals surface area contributed by atoms with Crippen LogP contribution in [0.3, 0.4) is 0 Å². The minimum atomic E-state index is -0.670. The molecule has 1 nitrogen and oxygen atoms in total. The lowest BCUT2D eigenvalue weighted by Crippen LogP contribution is -2.11. The number of nitrogens with one attached hydrogen (secondary N) is 1. The maximum absolute atomic E-state index is 13.1. The number of benzene rings is 1. The SMILES string of the molecule is CC(C)Nc1c(F)cc(F)cc1Cl. The van der Waals surface area contributed by atoms with Crippen LogP contribution in [0.15, 0.2) is 12.1 Å². The van der Waals surface area contributed by atoms with Gasteiger partial charge in [0, 0.05) is 12.1 Å². The lowest BCUT2D eigenvalue weighted by Gasteiger charge is -2.12. The topological polar surface area (TPSA) is 12.0 Å². The third-order valence-corrected chi connectivity index (χ3v) is 1.74. The summed E-state index contributed by atoms with van der Waals surface area (Å²) in [5.74, 6) is -1.34. The van der Waals surface area contributed by atoms with Crippen LogP contribution in [-0.4, -0.2) is 6.04 Å². The molecule has 0 aliphatic heterocycles. The van der Waals surface area contributed by atoms with Crippen LogP contribution >= 0.6 is 11.6 Å². The average molecular weight is 206 g/mol. The first kappa shape index (κ1) is 10.3. The van der Waals surface area contributed by atoms with E-state index in [0.29, 0.717) is 0 Å². The summed E-state index contributed by atoms with van der Waals surface area (Å²) < 4.78 is 25.7. The average Bonchev–Trinajstić information content (AvgIpc) is 1.96. The molecule has 0 atom stereocenters. The Balaban J connectivity index is 3.06. The summed E-state index contributed by atoms with van der Waals surface area (Å²) in [4.78, 5) is 0. The quantitative estimate of drug-likeness (QED) is 0.780. The van der Waals surface area contributed by atoms with Crippen molar-refractivity contribution >= 4 is 17.3 Å². The first-order chi connectivity index (χ1) is 6.00. The van der Waals surface area contributed by atoms with Gasteiger partial charge in [0.15, 0.2) is 5.82 Å². The van der Waals surface area contributed by atoms with E-state index in [1.54, 1.807) is 0 Å². The minimum absolute atomic E-state index is 0.0532. The number of hydrogen-bond acceptors (Lipinski definition) is 1. The predicted molar refractivity (Wildman–Crippen MR) is 50.1 cm³/mol. The third kappa shape index (κ3) is 2.56. The Morgan fingerprint density at radius 2 is 1.92 bits per heavy atom. The summed E-state index contributed by atoms with van der Waals surface area (Å²) in [5, 5.41) is 2.86. The molecule has 0 aliphatic carbocycles. The van der Waals surface area contributed by atoms with Crippen LogP contribution in [0.5, 0.6) is 0 Å². The van der Waals surface area contributed by atoms with Crippen LogP contribution in [0.1, 0.15) is 13.8 Å². The van der Waals surface area contributed by atoms with Crippen LogP contribution < -0.4 is 5.32 Å². The third-order valence-electron chi connectivity index (χ3n) is 1.44. The van der Waals surface area contributed by atoms with E-state index in [0.717, 1.165) is 12.1 Å². The molecule has 1 aromatic rings. The molecule has 0 fully saturated rings. The van der Waals surface area contributed by atoms with Crippen LogP contribution in [0.25, 0.3) is 0 Å². The van der Waals surface area contributed by atoms with Gasteiger partial charge in [-0.1, -0.05) is 11.6 Å². The number of hydrogen-bond donors (Lipinski definition) is 1. The first-order valence-electron chi connectivity index (χ1n) is 3.92. The highest BCUT2D eigenvalue weighted by atomic mass is 35.5. The molecule has 0 saturated heterocycles. The largest absolute Gasteiger partial charge is 0.379 e. The van der Waals surface area contributed by atoms with E-state index in [4.69, 9.17) is 11.6 Å². The smallest absolute Gasteiger partial charge is 0.150 e. The fourth-order valence-corrected chi connectivity index (χ4v) is 1.22. The molecular formula is C9H10ClF2N. The predicted octanol–water partition coefficient (Wildman–Crippen LogP) is 3.44. The Kier molecular flexibility index (Phi) is 3.09. The maximum Gasteiger partial charge on any atom is 0.150 e. The summed E-state index contributed by atoms with van der Waals surface area (Å²) in [5.41, 5.74) is 0.151. The van der Waals surface area contributed by atoms with Gasteiger partial charge in [-0.3, -0.25) is 0 Å². The van der Waals surface area contributed by atoms with E-state index in [9.17, 15) is 8.78 Å². The van der Waals surface area contributed by atoms with Crippen molar-refractivity contribution in [2.24, 2.45) is 0 Å². The van der Waals surface area contributed by atoms with Crippen molar-refractivity contribution in [1.29, 1.82) is 0 Å². The molecule has 72 valence electrons. The van der Waals surface area contributed by atoms with Gasteiger partial charge in [0.05, 0.1) is 10.7 Å². The van der Waals surface area contributed by atoms with Crippen molar-refractivity contribution in [1.82, 2.24) is 0 Å². The zero-order chi connectivity index (χ0) is 10.0. The standard InChI is InChI=1S/C9H10ClF2N/c1-5(2)13-9-7(10)3-6(11)4-8(9)12/h3-5,13H,1-2H3. The van der Waals surface area contributed by atoms with Crippen molar-refractivity contribution in [2.75, 3.05) is 5.32 Å². The highest BCUT2D eigenvalue weighted by Crippen LogP contribution is 2.26. The number of rotatable bonds is 2. The molecule has 0 spiro atoms. The van der Waals surface area contributed by atoms with Gasteiger partial charge >= 0.3 is 0 Å². The first-order valence-corrected chi connectivity index (χ1v) is 4.29. The second kappa shape index (κ2) is 3.92. The molecule has 0 heterocycles. The van der Waals surface area contributed by atoms with Crippen LogP contribution in [0.4, 0.5) is 14.5 Å². The molecule has 1 rings (SSSR count). The zero-order valence-electron chi connectivity index (χ0n) is 7.37. The molecule has 0 unspecified atom stereocenters. The fraction of sp³-hybridized carbons (Fsp3) is 0.333. The van der Waals surface area contributed by atoms with Crippen LogP contribution in [-0.2, 0) is 0 Å². The van der Waals surface area contributed by atoms with Gasteiger partial charge in [-0.05, 0) is 19.9 Å². The van der Waals surface area contributed by atoms with Crippen LogP contribution in [0.2, 0.25) is 5.02 Å². The monoisotopic (exact) mass is 205 g/mol. The summed E-state index contributed by atoms with van der Waals surface area (Å²) >= 11 is 5.64. The van der Waals surface area contributed by atoms with E-state index < -0.39 is 11.6 Å². The molecule has 13 heavy (non-hydrogen) atoms. The van der Waals surface area contributed by atoms with Gasteiger partial charge in [0.2, 0.25) is 0 Å². The highest BCUT2D eigenvalue weighted by molar-refractivity contribution is 6.33. The molecular weight excluding hydrogens is 196 g/mol. The van der Waals surface area contributed by atoms with Crippen molar-refractivity contribution < 1.29 is 8.78 Å². The van der Waals surface area contributed by atoms with Gasteiger partial charge in [0.1, 0.15) is 5.82 Å². The molecule has 0 aromatic heterocycles. The Labute approximate surface area is 80.7 Å². The van der Waals surface area contributed by atoms with Gasteiger partial charge in [-0.15, -0.1) is 0 Å². The second-order valence-electron chi connectivity index (χ2n) is 3.04. The van der Waals surface area contributed by atoms with E-state index in [1.165, 1.54) is 0 Å². The van der Waals surface area contributed by atoms with E-state index >= 15 is 0 Å². The van der Waals surface area contributed by atoms with Gasteiger partial charge in [-0.25, -0.2) is 8.78 Å². The summed E-state index contributed by atoms with van der Waals surface area (Å²) in [6, 6.07) is 1.93. The van der Waals surface area contributed by atoms with Crippen molar-refractivity contribution in [3.63, 3.8) is 0 Å². The van der Waals surface area contributed by atoms with Crippen molar-refractivity contribution in [3.05, 3.63) is 28.8 Å². The van der Waals surface area contributed by atoms with E-state index in [1.807, 2.05) is 13.8 Å². The second-order valence-corrected chi connectivity index (χ2v) is 3.45. The summed E-state index contributed by atoms with van der Waals surface area (Å²) in [7, 11) is 0. The molecule has 0 radical (unpaired) electrons. The Hall–Kier alpha value is -0.830. The molecule has 4 heteroatoms. The molecule has 1 aromatic carbocycles. The molecule has 0 bridgehead atoms. The molecule has 0 amide bonds. The molecule has 0 saturated carbocycles. The minimum Gasteiger partial charge on any atom is -0.379 e. The molecule has 0 aliphatic rings. The van der Waals surface area contributed by atoms with E-state index in [-0.39, 0.29) is 16.8 Å². The highest BCUT2D eigenvalue weighted by Gasteiger charge is 2.10. The lowest BCUT2D eigenvalue weighted by atomic mass is 10.2. The fourth-order valence-electron chi connectivity index (χ4n) is 0.969. The maximum atomic E-state index is 13.1. The lowest BCUT2D eigenvalue weighted by molar-refractivity contribution is 0.584. The van der Waals surface area contributed by atoms with E-state index in [2.05, 4.69) is 5.32 Å².